The summed E-state index contributed by atoms with van der Waals surface area (Å²) in [5.41, 5.74) is 2.86. The van der Waals surface area contributed by atoms with Crippen molar-refractivity contribution in [1.82, 2.24) is 15.2 Å². The number of H-pyrrole nitrogens is 1. The second kappa shape index (κ2) is 5.29. The van der Waals surface area contributed by atoms with Crippen LogP contribution in [0.25, 0.3) is 10.9 Å². The van der Waals surface area contributed by atoms with Gasteiger partial charge in [0.2, 0.25) is 0 Å². The molecule has 1 aliphatic heterocycles. The van der Waals surface area contributed by atoms with E-state index >= 15 is 0 Å². The Morgan fingerprint density at radius 2 is 2.30 bits per heavy atom. The SMILES string of the molecule is Cc1ccc2cc(C(=O)NCC3CCCN3C)[nH]c2c1. The number of hydrogen-bond acceptors (Lipinski definition) is 2. The van der Waals surface area contributed by atoms with Gasteiger partial charge in [0.25, 0.3) is 5.91 Å². The fourth-order valence-corrected chi connectivity index (χ4v) is 2.91. The summed E-state index contributed by atoms with van der Waals surface area (Å²) in [6, 6.07) is 8.57. The van der Waals surface area contributed by atoms with Gasteiger partial charge in [0.1, 0.15) is 5.69 Å². The number of nitrogens with one attached hydrogen (secondary N) is 2. The largest absolute Gasteiger partial charge is 0.351 e. The van der Waals surface area contributed by atoms with E-state index in [4.69, 9.17) is 0 Å². The molecule has 1 aliphatic rings. The molecule has 20 heavy (non-hydrogen) atoms. The van der Waals surface area contributed by atoms with Gasteiger partial charge in [-0.3, -0.25) is 4.79 Å². The van der Waals surface area contributed by atoms with Gasteiger partial charge in [0.05, 0.1) is 0 Å². The molecular weight excluding hydrogens is 250 g/mol. The lowest BCUT2D eigenvalue weighted by Crippen LogP contribution is -2.38. The average molecular weight is 271 g/mol. The standard InChI is InChI=1S/C16H21N3O/c1-11-5-6-12-9-15(18-14(12)8-11)16(20)17-10-13-4-3-7-19(13)2/h5-6,8-9,13,18H,3-4,7,10H2,1-2H3,(H,17,20). The number of hydrogen-bond donors (Lipinski definition) is 2. The van der Waals surface area contributed by atoms with E-state index in [2.05, 4.69) is 41.3 Å². The van der Waals surface area contributed by atoms with E-state index in [1.165, 1.54) is 18.4 Å². The number of likely N-dealkylation sites (tertiary alicyclic amines) is 1. The number of carbonyl (C=O) groups excluding carboxylic acids is 1. The molecule has 4 nitrogen and oxygen atoms in total. The van der Waals surface area contributed by atoms with Crippen LogP contribution in [0.5, 0.6) is 0 Å². The quantitative estimate of drug-likeness (QED) is 0.900. The predicted molar refractivity (Wildman–Crippen MR) is 81.0 cm³/mol. The minimum Gasteiger partial charge on any atom is -0.351 e. The molecule has 1 unspecified atom stereocenters. The smallest absolute Gasteiger partial charge is 0.267 e. The molecule has 1 fully saturated rings. The van der Waals surface area contributed by atoms with Gasteiger partial charge in [-0.05, 0) is 51.1 Å². The van der Waals surface area contributed by atoms with Gasteiger partial charge in [-0.25, -0.2) is 0 Å². The summed E-state index contributed by atoms with van der Waals surface area (Å²) in [4.78, 5) is 17.7. The lowest BCUT2D eigenvalue weighted by atomic mass is 10.2. The van der Waals surface area contributed by atoms with Gasteiger partial charge in [-0.2, -0.15) is 0 Å². The lowest BCUT2D eigenvalue weighted by Gasteiger charge is -2.19. The van der Waals surface area contributed by atoms with Crippen LogP contribution in [0.4, 0.5) is 0 Å². The van der Waals surface area contributed by atoms with E-state index in [1.54, 1.807) is 0 Å². The first kappa shape index (κ1) is 13.2. The van der Waals surface area contributed by atoms with Gasteiger partial charge in [0.15, 0.2) is 0 Å². The van der Waals surface area contributed by atoms with Crippen molar-refractivity contribution in [2.24, 2.45) is 0 Å². The molecule has 0 aliphatic carbocycles. The van der Waals surface area contributed by atoms with E-state index in [9.17, 15) is 4.79 Å². The number of fused-ring (bicyclic) bond motifs is 1. The number of likely N-dealkylation sites (N-methyl/N-ethyl adjacent to an activating group) is 1. The molecule has 4 heteroatoms. The third-order valence-corrected chi connectivity index (χ3v) is 4.19. The Balaban J connectivity index is 1.69. The number of nitrogens with zero attached hydrogens (tertiary/aromatic N) is 1. The number of aromatic amines is 1. The first-order valence-corrected chi connectivity index (χ1v) is 7.21. The van der Waals surface area contributed by atoms with E-state index in [0.717, 1.165) is 24.0 Å². The Morgan fingerprint density at radius 1 is 1.45 bits per heavy atom. The Kier molecular flexibility index (Phi) is 3.49. The second-order valence-electron chi connectivity index (χ2n) is 5.76. The lowest BCUT2D eigenvalue weighted by molar-refractivity contribution is 0.0939. The van der Waals surface area contributed by atoms with E-state index in [0.29, 0.717) is 11.7 Å². The molecule has 1 amide bonds. The van der Waals surface area contributed by atoms with Crippen LogP contribution in [0.15, 0.2) is 24.3 Å². The van der Waals surface area contributed by atoms with Crippen molar-refractivity contribution in [3.05, 3.63) is 35.5 Å². The molecule has 1 aromatic heterocycles. The minimum absolute atomic E-state index is 0.0147. The van der Waals surface area contributed by atoms with Crippen molar-refractivity contribution in [3.8, 4) is 0 Å². The molecule has 0 spiro atoms. The predicted octanol–water partition coefficient (Wildman–Crippen LogP) is 2.30. The van der Waals surface area contributed by atoms with Gasteiger partial charge < -0.3 is 15.2 Å². The van der Waals surface area contributed by atoms with Crippen LogP contribution in [-0.4, -0.2) is 42.0 Å². The minimum atomic E-state index is -0.0147. The molecule has 0 saturated carbocycles. The first-order chi connectivity index (χ1) is 9.63. The number of aryl methyl sites for hydroxylation is 1. The molecule has 1 saturated heterocycles. The summed E-state index contributed by atoms with van der Waals surface area (Å²) in [6.07, 6.45) is 2.39. The fourth-order valence-electron chi connectivity index (χ4n) is 2.91. The highest BCUT2D eigenvalue weighted by molar-refractivity contribution is 5.98. The van der Waals surface area contributed by atoms with Gasteiger partial charge in [0, 0.05) is 23.5 Å². The Hall–Kier alpha value is -1.81. The maximum atomic E-state index is 12.2. The molecule has 2 heterocycles. The Labute approximate surface area is 119 Å². The van der Waals surface area contributed by atoms with Crippen LogP contribution >= 0.6 is 0 Å². The van der Waals surface area contributed by atoms with E-state index < -0.39 is 0 Å². The highest BCUT2D eigenvalue weighted by Crippen LogP contribution is 2.17. The van der Waals surface area contributed by atoms with Crippen molar-refractivity contribution >= 4 is 16.8 Å². The zero-order valence-electron chi connectivity index (χ0n) is 12.1. The number of aromatic nitrogens is 1. The third-order valence-electron chi connectivity index (χ3n) is 4.19. The normalized spacial score (nSPS) is 19.6. The molecule has 0 bridgehead atoms. The van der Waals surface area contributed by atoms with Crippen LogP contribution in [0.1, 0.15) is 28.9 Å². The molecular formula is C16H21N3O. The Bertz CT molecular complexity index is 632. The van der Waals surface area contributed by atoms with Crippen molar-refractivity contribution in [2.75, 3.05) is 20.1 Å². The number of amides is 1. The van der Waals surface area contributed by atoms with E-state index in [1.807, 2.05) is 12.1 Å². The monoisotopic (exact) mass is 271 g/mol. The maximum Gasteiger partial charge on any atom is 0.267 e. The average Bonchev–Trinajstić information content (AvgIpc) is 3.01. The van der Waals surface area contributed by atoms with Gasteiger partial charge in [-0.15, -0.1) is 0 Å². The van der Waals surface area contributed by atoms with Crippen LogP contribution in [0.2, 0.25) is 0 Å². The van der Waals surface area contributed by atoms with Crippen molar-refractivity contribution < 1.29 is 4.79 Å². The van der Waals surface area contributed by atoms with Crippen LogP contribution < -0.4 is 5.32 Å². The number of rotatable bonds is 3. The van der Waals surface area contributed by atoms with Gasteiger partial charge >= 0.3 is 0 Å². The van der Waals surface area contributed by atoms with Crippen molar-refractivity contribution in [1.29, 1.82) is 0 Å². The second-order valence-corrected chi connectivity index (χ2v) is 5.76. The summed E-state index contributed by atoms with van der Waals surface area (Å²) < 4.78 is 0. The summed E-state index contributed by atoms with van der Waals surface area (Å²) >= 11 is 0. The number of carbonyl (C=O) groups is 1. The molecule has 1 aromatic carbocycles. The highest BCUT2D eigenvalue weighted by Gasteiger charge is 2.21. The topological polar surface area (TPSA) is 48.1 Å². The third kappa shape index (κ3) is 2.56. The molecule has 106 valence electrons. The van der Waals surface area contributed by atoms with Crippen molar-refractivity contribution in [3.63, 3.8) is 0 Å². The zero-order chi connectivity index (χ0) is 14.1. The number of benzene rings is 1. The van der Waals surface area contributed by atoms with Crippen molar-refractivity contribution in [2.45, 2.75) is 25.8 Å². The summed E-state index contributed by atoms with van der Waals surface area (Å²) in [5.74, 6) is -0.0147. The first-order valence-electron chi connectivity index (χ1n) is 7.21. The van der Waals surface area contributed by atoms with E-state index in [-0.39, 0.29) is 5.91 Å². The molecule has 2 aromatic rings. The maximum absolute atomic E-state index is 12.2. The highest BCUT2D eigenvalue weighted by atomic mass is 16.1. The summed E-state index contributed by atoms with van der Waals surface area (Å²) in [5, 5.41) is 4.12. The summed E-state index contributed by atoms with van der Waals surface area (Å²) in [7, 11) is 2.12. The van der Waals surface area contributed by atoms with Crippen LogP contribution in [0.3, 0.4) is 0 Å². The molecule has 3 rings (SSSR count). The Morgan fingerprint density at radius 3 is 3.05 bits per heavy atom. The van der Waals surface area contributed by atoms with Crippen LogP contribution in [0, 0.1) is 6.92 Å². The van der Waals surface area contributed by atoms with Crippen LogP contribution in [-0.2, 0) is 0 Å². The molecule has 0 radical (unpaired) electrons. The molecule has 2 N–H and O–H groups in total. The summed E-state index contributed by atoms with van der Waals surface area (Å²) in [6.45, 7) is 3.91. The fraction of sp³-hybridized carbons (Fsp3) is 0.438. The molecule has 1 atom stereocenters. The zero-order valence-corrected chi connectivity index (χ0v) is 12.1. The van der Waals surface area contributed by atoms with Gasteiger partial charge in [-0.1, -0.05) is 12.1 Å².